The summed E-state index contributed by atoms with van der Waals surface area (Å²) in [6.07, 6.45) is 0. The number of hydrazine groups is 1. The molecule has 2 aromatic rings. The first-order chi connectivity index (χ1) is 12.3. The van der Waals surface area contributed by atoms with E-state index in [-0.39, 0.29) is 17.6 Å². The average molecular weight is 371 g/mol. The number of ether oxygens (including phenoxy) is 1. The van der Waals surface area contributed by atoms with Crippen LogP contribution in [0.2, 0.25) is 0 Å². The van der Waals surface area contributed by atoms with E-state index in [9.17, 15) is 9.59 Å². The number of aryl methyl sites for hydroxylation is 3. The van der Waals surface area contributed by atoms with Gasteiger partial charge >= 0.3 is 0 Å². The van der Waals surface area contributed by atoms with Gasteiger partial charge in [0.1, 0.15) is 5.75 Å². The highest BCUT2D eigenvalue weighted by atomic mass is 32.1. The second-order valence-electron chi connectivity index (χ2n) is 5.88. The van der Waals surface area contributed by atoms with Crippen molar-refractivity contribution in [3.63, 3.8) is 0 Å². The van der Waals surface area contributed by atoms with Gasteiger partial charge in [-0.25, -0.2) is 0 Å². The molecule has 0 saturated carbocycles. The SMILES string of the molecule is Cc1ccc(C(=O)NNC(=S)NC(=O)COc2cc(C)ccc2C)cc1. The molecule has 0 aliphatic carbocycles. The van der Waals surface area contributed by atoms with E-state index in [1.54, 1.807) is 12.1 Å². The van der Waals surface area contributed by atoms with Gasteiger partial charge in [-0.3, -0.25) is 25.8 Å². The number of rotatable bonds is 4. The van der Waals surface area contributed by atoms with E-state index in [0.29, 0.717) is 11.3 Å². The third-order valence-electron chi connectivity index (χ3n) is 3.56. The highest BCUT2D eigenvalue weighted by molar-refractivity contribution is 7.80. The van der Waals surface area contributed by atoms with Crippen LogP contribution in [0.1, 0.15) is 27.0 Å². The van der Waals surface area contributed by atoms with E-state index < -0.39 is 5.91 Å². The maximum absolute atomic E-state index is 12.0. The summed E-state index contributed by atoms with van der Waals surface area (Å²) in [5, 5.41) is 2.43. The van der Waals surface area contributed by atoms with Crippen LogP contribution in [0, 0.1) is 20.8 Å². The van der Waals surface area contributed by atoms with Gasteiger partial charge in [-0.05, 0) is 62.3 Å². The van der Waals surface area contributed by atoms with Crippen molar-refractivity contribution in [3.8, 4) is 5.75 Å². The summed E-state index contributed by atoms with van der Waals surface area (Å²) in [6.45, 7) is 5.60. The minimum atomic E-state index is -0.423. The Kier molecular flexibility index (Phi) is 6.68. The average Bonchev–Trinajstić information content (AvgIpc) is 2.61. The summed E-state index contributed by atoms with van der Waals surface area (Å²) in [7, 11) is 0. The van der Waals surface area contributed by atoms with Crippen molar-refractivity contribution in [2.75, 3.05) is 6.61 Å². The Bertz CT molecular complexity index is 819. The molecule has 0 unspecified atom stereocenters. The van der Waals surface area contributed by atoms with Crippen molar-refractivity contribution >= 4 is 29.1 Å². The van der Waals surface area contributed by atoms with E-state index in [4.69, 9.17) is 17.0 Å². The molecule has 0 spiro atoms. The summed E-state index contributed by atoms with van der Waals surface area (Å²) < 4.78 is 5.50. The van der Waals surface area contributed by atoms with Crippen LogP contribution in [0.15, 0.2) is 42.5 Å². The van der Waals surface area contributed by atoms with Crippen LogP contribution in [-0.4, -0.2) is 23.5 Å². The van der Waals surface area contributed by atoms with Crippen LogP contribution in [0.3, 0.4) is 0 Å². The fourth-order valence-corrected chi connectivity index (χ4v) is 2.26. The maximum Gasteiger partial charge on any atom is 0.269 e. The standard InChI is InChI=1S/C19H21N3O3S/c1-12-5-8-15(9-6-12)18(24)21-22-19(26)20-17(23)11-25-16-10-13(2)4-7-14(16)3/h4-10H,11H2,1-3H3,(H,21,24)(H2,20,22,23,26). The van der Waals surface area contributed by atoms with Crippen LogP contribution >= 0.6 is 12.2 Å². The summed E-state index contributed by atoms with van der Waals surface area (Å²) >= 11 is 4.98. The van der Waals surface area contributed by atoms with Gasteiger partial charge in [0.25, 0.3) is 11.8 Å². The predicted octanol–water partition coefficient (Wildman–Crippen LogP) is 2.33. The molecule has 0 atom stereocenters. The lowest BCUT2D eigenvalue weighted by molar-refractivity contribution is -0.121. The number of hydrogen-bond acceptors (Lipinski definition) is 4. The highest BCUT2D eigenvalue weighted by Crippen LogP contribution is 2.18. The Morgan fingerprint density at radius 2 is 1.62 bits per heavy atom. The Balaban J connectivity index is 1.76. The first kappa shape index (κ1) is 19.4. The zero-order valence-corrected chi connectivity index (χ0v) is 15.7. The second kappa shape index (κ2) is 8.96. The Morgan fingerprint density at radius 1 is 0.962 bits per heavy atom. The predicted molar refractivity (Wildman–Crippen MR) is 104 cm³/mol. The van der Waals surface area contributed by atoms with Gasteiger partial charge in [-0.1, -0.05) is 29.8 Å². The van der Waals surface area contributed by atoms with Gasteiger partial charge in [0.2, 0.25) is 0 Å². The van der Waals surface area contributed by atoms with Crippen LogP contribution < -0.4 is 20.9 Å². The molecule has 0 aromatic heterocycles. The summed E-state index contributed by atoms with van der Waals surface area (Å²) in [5.41, 5.74) is 8.44. The lowest BCUT2D eigenvalue weighted by Crippen LogP contribution is -2.49. The molecule has 2 aromatic carbocycles. The number of amides is 2. The van der Waals surface area contributed by atoms with E-state index >= 15 is 0 Å². The fraction of sp³-hybridized carbons (Fsp3) is 0.211. The summed E-state index contributed by atoms with van der Waals surface area (Å²) in [6, 6.07) is 12.8. The molecule has 2 amide bonds. The van der Waals surface area contributed by atoms with Crippen molar-refractivity contribution < 1.29 is 14.3 Å². The van der Waals surface area contributed by atoms with Gasteiger partial charge in [0, 0.05) is 5.56 Å². The molecule has 6 nitrogen and oxygen atoms in total. The van der Waals surface area contributed by atoms with Crippen LogP contribution in [0.5, 0.6) is 5.75 Å². The minimum absolute atomic E-state index is 0.0139. The van der Waals surface area contributed by atoms with E-state index in [1.165, 1.54) is 0 Å². The normalized spacial score (nSPS) is 9.96. The largest absolute Gasteiger partial charge is 0.483 e. The van der Waals surface area contributed by atoms with Crippen molar-refractivity contribution in [1.29, 1.82) is 0 Å². The van der Waals surface area contributed by atoms with Crippen molar-refractivity contribution in [1.82, 2.24) is 16.2 Å². The van der Waals surface area contributed by atoms with E-state index in [0.717, 1.165) is 16.7 Å². The van der Waals surface area contributed by atoms with Crippen LogP contribution in [-0.2, 0) is 4.79 Å². The quantitative estimate of drug-likeness (QED) is 0.568. The van der Waals surface area contributed by atoms with Gasteiger partial charge in [-0.15, -0.1) is 0 Å². The first-order valence-electron chi connectivity index (χ1n) is 8.02. The van der Waals surface area contributed by atoms with Gasteiger partial charge in [0.05, 0.1) is 0 Å². The number of hydrogen-bond donors (Lipinski definition) is 3. The number of benzene rings is 2. The number of carbonyl (C=O) groups is 2. The molecule has 2 rings (SSSR count). The topological polar surface area (TPSA) is 79.5 Å². The molecular formula is C19H21N3O3S. The zero-order valence-electron chi connectivity index (χ0n) is 14.9. The Labute approximate surface area is 157 Å². The number of nitrogens with one attached hydrogen (secondary N) is 3. The third-order valence-corrected chi connectivity index (χ3v) is 3.76. The third kappa shape index (κ3) is 5.86. The van der Waals surface area contributed by atoms with Crippen molar-refractivity contribution in [2.45, 2.75) is 20.8 Å². The minimum Gasteiger partial charge on any atom is -0.483 e. The number of carbonyl (C=O) groups excluding carboxylic acids is 2. The van der Waals surface area contributed by atoms with Gasteiger partial charge in [0.15, 0.2) is 11.7 Å². The molecule has 26 heavy (non-hydrogen) atoms. The molecule has 0 bridgehead atoms. The monoisotopic (exact) mass is 371 g/mol. The summed E-state index contributed by atoms with van der Waals surface area (Å²) in [5.74, 6) is -0.132. The molecule has 7 heteroatoms. The molecule has 136 valence electrons. The Hall–Kier alpha value is -2.93. The lowest BCUT2D eigenvalue weighted by atomic mass is 10.1. The smallest absolute Gasteiger partial charge is 0.269 e. The Morgan fingerprint density at radius 3 is 2.31 bits per heavy atom. The molecule has 0 aliphatic rings. The second-order valence-corrected chi connectivity index (χ2v) is 6.29. The molecule has 0 radical (unpaired) electrons. The van der Waals surface area contributed by atoms with E-state index in [2.05, 4.69) is 16.2 Å². The van der Waals surface area contributed by atoms with Gasteiger partial charge < -0.3 is 4.74 Å². The number of thiocarbonyl (C=S) groups is 1. The molecule has 0 aliphatic heterocycles. The van der Waals surface area contributed by atoms with Crippen LogP contribution in [0.4, 0.5) is 0 Å². The van der Waals surface area contributed by atoms with E-state index in [1.807, 2.05) is 51.1 Å². The van der Waals surface area contributed by atoms with Crippen molar-refractivity contribution in [3.05, 3.63) is 64.7 Å². The molecular weight excluding hydrogens is 350 g/mol. The van der Waals surface area contributed by atoms with Gasteiger partial charge in [-0.2, -0.15) is 0 Å². The zero-order chi connectivity index (χ0) is 19.1. The molecule has 3 N–H and O–H groups in total. The maximum atomic E-state index is 12.0. The molecule has 0 heterocycles. The lowest BCUT2D eigenvalue weighted by Gasteiger charge is -2.12. The first-order valence-corrected chi connectivity index (χ1v) is 8.43. The summed E-state index contributed by atoms with van der Waals surface area (Å²) in [4.78, 5) is 23.9. The fourth-order valence-electron chi connectivity index (χ4n) is 2.09. The van der Waals surface area contributed by atoms with Crippen LogP contribution in [0.25, 0.3) is 0 Å². The molecule has 0 fully saturated rings. The molecule has 0 saturated heterocycles. The van der Waals surface area contributed by atoms with Crippen molar-refractivity contribution in [2.24, 2.45) is 0 Å². The highest BCUT2D eigenvalue weighted by Gasteiger charge is 2.09.